The van der Waals surface area contributed by atoms with Crippen LogP contribution in [0.5, 0.6) is 0 Å². The summed E-state index contributed by atoms with van der Waals surface area (Å²) in [5.41, 5.74) is 7.73. The number of pyridine rings is 1. The zero-order valence-corrected chi connectivity index (χ0v) is 13.2. The maximum Gasteiger partial charge on any atom is 0.263 e. The number of hydrogen-bond donors (Lipinski definition) is 2. The number of anilines is 1. The average molecular weight is 291 g/mol. The van der Waals surface area contributed by atoms with Gasteiger partial charge >= 0.3 is 0 Å². The second-order valence-corrected chi connectivity index (χ2v) is 6.66. The summed E-state index contributed by atoms with van der Waals surface area (Å²) in [4.78, 5) is 18.0. The number of rotatable bonds is 4. The second kappa shape index (κ2) is 5.79. The van der Waals surface area contributed by atoms with E-state index in [1.165, 1.54) is 11.3 Å². The first-order valence-electron chi connectivity index (χ1n) is 6.84. The van der Waals surface area contributed by atoms with E-state index in [1.54, 1.807) is 6.20 Å². The lowest BCUT2D eigenvalue weighted by Gasteiger charge is -2.15. The Bertz CT molecular complexity index is 633. The molecule has 0 saturated carbocycles. The zero-order chi connectivity index (χ0) is 14.9. The van der Waals surface area contributed by atoms with Crippen LogP contribution in [0.4, 0.5) is 5.69 Å². The quantitative estimate of drug-likeness (QED) is 0.907. The van der Waals surface area contributed by atoms with Crippen LogP contribution in [0.15, 0.2) is 12.3 Å². The summed E-state index contributed by atoms with van der Waals surface area (Å²) in [6, 6.07) is 2.05. The summed E-state index contributed by atoms with van der Waals surface area (Å²) >= 11 is 1.36. The van der Waals surface area contributed by atoms with Crippen LogP contribution in [-0.4, -0.2) is 16.9 Å². The van der Waals surface area contributed by atoms with Crippen molar-refractivity contribution in [2.24, 2.45) is 5.92 Å². The number of nitrogens with one attached hydrogen (secondary N) is 1. The van der Waals surface area contributed by atoms with Gasteiger partial charge in [0, 0.05) is 17.6 Å². The van der Waals surface area contributed by atoms with Gasteiger partial charge in [0.05, 0.1) is 5.69 Å². The number of thiophene rings is 1. The van der Waals surface area contributed by atoms with Gasteiger partial charge in [0.25, 0.3) is 5.91 Å². The number of amides is 1. The Morgan fingerprint density at radius 1 is 1.45 bits per heavy atom. The van der Waals surface area contributed by atoms with E-state index in [2.05, 4.69) is 24.1 Å². The van der Waals surface area contributed by atoms with Crippen LogP contribution in [0.1, 0.15) is 42.4 Å². The highest BCUT2D eigenvalue weighted by molar-refractivity contribution is 7.21. The molecule has 5 heteroatoms. The molecule has 2 aromatic rings. The lowest BCUT2D eigenvalue weighted by atomic mass is 10.1. The molecule has 0 fully saturated rings. The standard InChI is InChI=1S/C15H21N3OS/c1-8(2)7-10(4)18-14(19)13-12(16)11-9(3)5-6-17-15(11)20-13/h5-6,8,10H,7,16H2,1-4H3,(H,18,19). The number of aromatic nitrogens is 1. The smallest absolute Gasteiger partial charge is 0.263 e. The van der Waals surface area contributed by atoms with E-state index in [-0.39, 0.29) is 11.9 Å². The summed E-state index contributed by atoms with van der Waals surface area (Å²) in [6.07, 6.45) is 2.70. The highest BCUT2D eigenvalue weighted by atomic mass is 32.1. The first-order valence-corrected chi connectivity index (χ1v) is 7.66. The maximum atomic E-state index is 12.3. The Morgan fingerprint density at radius 2 is 2.15 bits per heavy atom. The van der Waals surface area contributed by atoms with Gasteiger partial charge in [0.1, 0.15) is 9.71 Å². The molecule has 0 saturated heterocycles. The first kappa shape index (κ1) is 14.8. The van der Waals surface area contributed by atoms with E-state index in [1.807, 2.05) is 19.9 Å². The Balaban J connectivity index is 2.27. The minimum absolute atomic E-state index is 0.0990. The topological polar surface area (TPSA) is 68.0 Å². The normalized spacial score (nSPS) is 12.8. The number of aryl methyl sites for hydroxylation is 1. The minimum atomic E-state index is -0.0990. The van der Waals surface area contributed by atoms with Crippen molar-refractivity contribution in [1.29, 1.82) is 0 Å². The lowest BCUT2D eigenvalue weighted by Crippen LogP contribution is -2.33. The van der Waals surface area contributed by atoms with Crippen LogP contribution >= 0.6 is 11.3 Å². The fraction of sp³-hybridized carbons (Fsp3) is 0.467. The second-order valence-electron chi connectivity index (χ2n) is 5.66. The van der Waals surface area contributed by atoms with Crippen molar-refractivity contribution < 1.29 is 4.79 Å². The Labute approximate surface area is 123 Å². The highest BCUT2D eigenvalue weighted by Gasteiger charge is 2.19. The van der Waals surface area contributed by atoms with Gasteiger partial charge < -0.3 is 11.1 Å². The molecule has 2 aromatic heterocycles. The minimum Gasteiger partial charge on any atom is -0.397 e. The first-order chi connectivity index (χ1) is 9.40. The third-order valence-corrected chi connectivity index (χ3v) is 4.36. The summed E-state index contributed by atoms with van der Waals surface area (Å²) in [6.45, 7) is 8.29. The van der Waals surface area contributed by atoms with E-state index in [4.69, 9.17) is 5.73 Å². The van der Waals surface area contributed by atoms with Crippen LogP contribution in [-0.2, 0) is 0 Å². The van der Waals surface area contributed by atoms with Crippen LogP contribution in [0, 0.1) is 12.8 Å². The largest absolute Gasteiger partial charge is 0.397 e. The van der Waals surface area contributed by atoms with Gasteiger partial charge in [0.15, 0.2) is 0 Å². The number of hydrogen-bond acceptors (Lipinski definition) is 4. The summed E-state index contributed by atoms with van der Waals surface area (Å²) in [5.74, 6) is 0.451. The lowest BCUT2D eigenvalue weighted by molar-refractivity contribution is 0.0941. The molecular formula is C15H21N3OS. The summed E-state index contributed by atoms with van der Waals surface area (Å²) in [5, 5.41) is 3.91. The van der Waals surface area contributed by atoms with Gasteiger partial charge in [-0.3, -0.25) is 4.79 Å². The molecule has 2 heterocycles. The maximum absolute atomic E-state index is 12.3. The molecule has 1 unspecified atom stereocenters. The number of nitrogens with two attached hydrogens (primary N) is 1. The van der Waals surface area contributed by atoms with Gasteiger partial charge in [-0.05, 0) is 37.8 Å². The molecule has 3 N–H and O–H groups in total. The molecule has 4 nitrogen and oxygen atoms in total. The number of nitrogens with zero attached hydrogens (tertiary/aromatic N) is 1. The molecule has 0 aliphatic heterocycles. The van der Waals surface area contributed by atoms with Gasteiger partial charge in [-0.2, -0.15) is 0 Å². The van der Waals surface area contributed by atoms with Crippen molar-refractivity contribution in [3.63, 3.8) is 0 Å². The molecule has 0 bridgehead atoms. The molecule has 108 valence electrons. The van der Waals surface area contributed by atoms with Crippen molar-refractivity contribution in [1.82, 2.24) is 10.3 Å². The van der Waals surface area contributed by atoms with Gasteiger partial charge in [-0.1, -0.05) is 13.8 Å². The summed E-state index contributed by atoms with van der Waals surface area (Å²) < 4.78 is 0. The molecule has 0 spiro atoms. The Morgan fingerprint density at radius 3 is 2.75 bits per heavy atom. The van der Waals surface area contributed by atoms with E-state index < -0.39 is 0 Å². The fourth-order valence-electron chi connectivity index (χ4n) is 2.43. The SMILES string of the molecule is Cc1ccnc2sc(C(=O)NC(C)CC(C)C)c(N)c12. The number of carbonyl (C=O) groups excluding carboxylic acids is 1. The molecular weight excluding hydrogens is 270 g/mol. The summed E-state index contributed by atoms with van der Waals surface area (Å²) in [7, 11) is 0. The Hall–Kier alpha value is -1.62. The number of carbonyl (C=O) groups is 1. The van der Waals surface area contributed by atoms with E-state index >= 15 is 0 Å². The van der Waals surface area contributed by atoms with Crippen LogP contribution in [0.2, 0.25) is 0 Å². The predicted octanol–water partition coefficient (Wildman–Crippen LogP) is 3.35. The van der Waals surface area contributed by atoms with Crippen LogP contribution in [0.25, 0.3) is 10.2 Å². The van der Waals surface area contributed by atoms with Crippen molar-refractivity contribution in [3.05, 3.63) is 22.7 Å². The van der Waals surface area contributed by atoms with E-state index in [0.29, 0.717) is 16.5 Å². The fourth-order valence-corrected chi connectivity index (χ4v) is 3.47. The molecule has 0 radical (unpaired) electrons. The van der Waals surface area contributed by atoms with Crippen molar-refractivity contribution in [2.75, 3.05) is 5.73 Å². The third kappa shape index (κ3) is 2.93. The molecule has 1 amide bonds. The predicted molar refractivity (Wildman–Crippen MR) is 85.2 cm³/mol. The molecule has 0 aliphatic carbocycles. The number of nitrogen functional groups attached to an aromatic ring is 1. The van der Waals surface area contributed by atoms with E-state index in [9.17, 15) is 4.79 Å². The van der Waals surface area contributed by atoms with Gasteiger partial charge in [0.2, 0.25) is 0 Å². The van der Waals surface area contributed by atoms with Gasteiger partial charge in [-0.15, -0.1) is 11.3 Å². The van der Waals surface area contributed by atoms with Crippen molar-refractivity contribution in [2.45, 2.75) is 40.2 Å². The van der Waals surface area contributed by atoms with E-state index in [0.717, 1.165) is 22.2 Å². The van der Waals surface area contributed by atoms with Crippen LogP contribution < -0.4 is 11.1 Å². The highest BCUT2D eigenvalue weighted by Crippen LogP contribution is 2.34. The van der Waals surface area contributed by atoms with Gasteiger partial charge in [-0.25, -0.2) is 4.98 Å². The Kier molecular flexibility index (Phi) is 4.28. The number of fused-ring (bicyclic) bond motifs is 1. The molecule has 2 rings (SSSR count). The molecule has 20 heavy (non-hydrogen) atoms. The van der Waals surface area contributed by atoms with Crippen molar-refractivity contribution >= 4 is 33.1 Å². The van der Waals surface area contributed by atoms with Crippen LogP contribution in [0.3, 0.4) is 0 Å². The zero-order valence-electron chi connectivity index (χ0n) is 12.4. The molecule has 0 aliphatic rings. The third-order valence-electron chi connectivity index (χ3n) is 3.25. The average Bonchev–Trinajstić information content (AvgIpc) is 2.67. The van der Waals surface area contributed by atoms with Crippen molar-refractivity contribution in [3.8, 4) is 0 Å². The monoisotopic (exact) mass is 291 g/mol. The molecule has 0 aromatic carbocycles. The molecule has 1 atom stereocenters.